The Balaban J connectivity index is 1.78. The third kappa shape index (κ3) is 3.94. The van der Waals surface area contributed by atoms with Crippen molar-refractivity contribution in [3.63, 3.8) is 0 Å². The van der Waals surface area contributed by atoms with Gasteiger partial charge in [-0.25, -0.2) is 4.98 Å². The molecule has 0 saturated heterocycles. The number of hydrogen-bond donors (Lipinski definition) is 1. The van der Waals surface area contributed by atoms with Crippen molar-refractivity contribution >= 4 is 23.2 Å². The molecule has 130 valence electrons. The summed E-state index contributed by atoms with van der Waals surface area (Å²) in [4.78, 5) is 16.0. The van der Waals surface area contributed by atoms with Crippen molar-refractivity contribution in [1.29, 1.82) is 0 Å². The van der Waals surface area contributed by atoms with E-state index in [0.29, 0.717) is 12.2 Å². The number of aldehydes is 1. The molecule has 1 aliphatic heterocycles. The lowest BCUT2D eigenvalue weighted by Crippen LogP contribution is -2.41. The van der Waals surface area contributed by atoms with Gasteiger partial charge in [-0.15, -0.1) is 0 Å². The summed E-state index contributed by atoms with van der Waals surface area (Å²) in [5.74, 6) is 0.691. The van der Waals surface area contributed by atoms with E-state index in [1.165, 1.54) is 0 Å². The Morgan fingerprint density at radius 3 is 2.56 bits per heavy atom. The van der Waals surface area contributed by atoms with Crippen molar-refractivity contribution in [3.8, 4) is 0 Å². The Bertz CT molecular complexity index is 806. The molecule has 0 fully saturated rings. The molecule has 0 bridgehead atoms. The lowest BCUT2D eigenvalue weighted by atomic mass is 9.98. The minimum atomic E-state index is -2.10. The van der Waals surface area contributed by atoms with Gasteiger partial charge in [0, 0.05) is 17.6 Å². The number of benzene rings is 1. The molecule has 25 heavy (non-hydrogen) atoms. The topological polar surface area (TPSA) is 85.4 Å². The van der Waals surface area contributed by atoms with Crippen LogP contribution in [0.5, 0.6) is 0 Å². The third-order valence-corrected chi connectivity index (χ3v) is 4.70. The van der Waals surface area contributed by atoms with Crippen LogP contribution in [-0.2, 0) is 28.0 Å². The smallest absolute Gasteiger partial charge is 0.148 e. The minimum Gasteiger partial charge on any atom is -0.772 e. The van der Waals surface area contributed by atoms with E-state index in [0.717, 1.165) is 28.7 Å². The largest absolute Gasteiger partial charge is 0.772 e. The first-order valence-corrected chi connectivity index (χ1v) is 9.08. The number of allylic oxidation sites excluding steroid dienone is 1. The van der Waals surface area contributed by atoms with Gasteiger partial charge in [-0.2, -0.15) is 0 Å². The van der Waals surface area contributed by atoms with Crippen molar-refractivity contribution in [2.45, 2.75) is 25.1 Å². The van der Waals surface area contributed by atoms with Crippen LogP contribution in [0.2, 0.25) is 0 Å². The fraction of sp³-hybridized carbons (Fsp3) is 0.222. The molecule has 1 aliphatic rings. The van der Waals surface area contributed by atoms with Gasteiger partial charge in [-0.3, -0.25) is 9.22 Å². The van der Waals surface area contributed by atoms with Crippen LogP contribution in [0.3, 0.4) is 0 Å². The number of carbonyl (C=O) groups excluding carboxylic acids is 1. The van der Waals surface area contributed by atoms with Crippen molar-refractivity contribution in [2.75, 3.05) is 5.01 Å². The number of nitrogens with zero attached hydrogens (tertiary/aromatic N) is 2. The molecule has 2 aromatic rings. The van der Waals surface area contributed by atoms with E-state index in [2.05, 4.69) is 10.4 Å². The van der Waals surface area contributed by atoms with Gasteiger partial charge in [0.05, 0.1) is 0 Å². The molecule has 1 N–H and O–H groups in total. The predicted molar refractivity (Wildman–Crippen MR) is 95.2 cm³/mol. The van der Waals surface area contributed by atoms with Crippen molar-refractivity contribution in [3.05, 3.63) is 71.1 Å². The molecule has 6 nitrogen and oxygen atoms in total. The van der Waals surface area contributed by atoms with Gasteiger partial charge < -0.3 is 14.8 Å². The first-order valence-electron chi connectivity index (χ1n) is 7.84. The van der Waals surface area contributed by atoms with E-state index in [1.54, 1.807) is 23.3 Å². The highest BCUT2D eigenvalue weighted by Gasteiger charge is 2.31. The molecule has 1 aromatic heterocycles. The first kappa shape index (κ1) is 17.3. The van der Waals surface area contributed by atoms with Crippen LogP contribution in [0.25, 0.3) is 0 Å². The van der Waals surface area contributed by atoms with E-state index < -0.39 is 17.1 Å². The zero-order valence-electron chi connectivity index (χ0n) is 13.7. The van der Waals surface area contributed by atoms with Crippen LogP contribution < -0.4 is 10.4 Å². The fourth-order valence-corrected chi connectivity index (χ4v) is 3.35. The Morgan fingerprint density at radius 1 is 1.24 bits per heavy atom. The lowest BCUT2D eigenvalue weighted by Gasteiger charge is -2.23. The molecular weight excluding hydrogens is 338 g/mol. The summed E-state index contributed by atoms with van der Waals surface area (Å²) < 4.78 is 21.5. The molecule has 0 radical (unpaired) electrons. The quantitative estimate of drug-likeness (QED) is 0.628. The van der Waals surface area contributed by atoms with Crippen molar-refractivity contribution < 1.29 is 13.6 Å². The van der Waals surface area contributed by atoms with Gasteiger partial charge in [0.15, 0.2) is 0 Å². The fourth-order valence-electron chi connectivity index (χ4n) is 2.89. The summed E-state index contributed by atoms with van der Waals surface area (Å²) in [6.45, 7) is 1.93. The molecular formula is C18H18N3O3S-. The molecule has 2 heterocycles. The number of carbonyl (C=O) groups is 1. The van der Waals surface area contributed by atoms with Crippen molar-refractivity contribution in [1.82, 2.24) is 10.4 Å². The van der Waals surface area contributed by atoms with Crippen LogP contribution in [0.15, 0.2) is 59.9 Å². The lowest BCUT2D eigenvalue weighted by molar-refractivity contribution is -0.108. The van der Waals surface area contributed by atoms with Gasteiger partial charge >= 0.3 is 0 Å². The Kier molecular flexibility index (Phi) is 5.25. The average molecular weight is 356 g/mol. The Labute approximate surface area is 148 Å². The van der Waals surface area contributed by atoms with E-state index >= 15 is 0 Å². The van der Waals surface area contributed by atoms with Gasteiger partial charge in [0.25, 0.3) is 0 Å². The maximum Gasteiger partial charge on any atom is 0.148 e. The summed E-state index contributed by atoms with van der Waals surface area (Å²) in [7, 11) is 0. The van der Waals surface area contributed by atoms with Gasteiger partial charge in [-0.05, 0) is 42.2 Å². The minimum absolute atomic E-state index is 0.00791. The molecule has 1 aromatic carbocycles. The van der Waals surface area contributed by atoms with Crippen LogP contribution in [0.1, 0.15) is 18.1 Å². The molecule has 0 saturated carbocycles. The molecule has 2 atom stereocenters. The monoisotopic (exact) mass is 356 g/mol. The summed E-state index contributed by atoms with van der Waals surface area (Å²) in [5.41, 5.74) is 6.88. The zero-order chi connectivity index (χ0) is 17.8. The molecule has 3 rings (SSSR count). The Morgan fingerprint density at radius 2 is 1.96 bits per heavy atom. The normalized spacial score (nSPS) is 18.2. The van der Waals surface area contributed by atoms with Gasteiger partial charge in [0.1, 0.15) is 18.1 Å². The highest BCUT2D eigenvalue weighted by Crippen LogP contribution is 2.26. The van der Waals surface area contributed by atoms with E-state index in [1.807, 2.05) is 37.3 Å². The van der Waals surface area contributed by atoms with E-state index in [9.17, 15) is 13.6 Å². The van der Waals surface area contributed by atoms with Crippen LogP contribution in [0, 0.1) is 0 Å². The van der Waals surface area contributed by atoms with Crippen LogP contribution in [0.4, 0.5) is 5.82 Å². The molecule has 7 heteroatoms. The maximum absolute atomic E-state index is 11.7. The zero-order valence-corrected chi connectivity index (χ0v) is 14.5. The summed E-state index contributed by atoms with van der Waals surface area (Å²) in [6, 6.07) is 12.5. The molecule has 2 unspecified atom stereocenters. The average Bonchev–Trinajstić information content (AvgIpc) is 2.93. The molecule has 0 spiro atoms. The second-order valence-electron chi connectivity index (χ2n) is 5.84. The molecule has 0 amide bonds. The van der Waals surface area contributed by atoms with Crippen LogP contribution >= 0.6 is 0 Å². The highest BCUT2D eigenvalue weighted by atomic mass is 32.2. The second kappa shape index (κ2) is 7.58. The second-order valence-corrected chi connectivity index (χ2v) is 6.74. The van der Waals surface area contributed by atoms with Crippen molar-refractivity contribution in [2.24, 2.45) is 0 Å². The standard InChI is InChI=1S/C18H19N3O3S/c1-13-16(10-14-5-7-15(8-6-14)12-25(23)24)17(11-22)21(20-13)18-4-2-3-9-19-18/h2-9,11,17,20H,10,12H2,1H3,(H,23,24)/p-1. The summed E-state index contributed by atoms with van der Waals surface area (Å²) in [5, 5.41) is 1.76. The van der Waals surface area contributed by atoms with E-state index in [4.69, 9.17) is 0 Å². The Hall–Kier alpha value is -2.51. The van der Waals surface area contributed by atoms with Crippen LogP contribution in [-0.4, -0.2) is 26.1 Å². The maximum atomic E-state index is 11.7. The molecule has 0 aliphatic carbocycles. The number of pyridine rings is 1. The third-order valence-electron chi connectivity index (χ3n) is 4.13. The van der Waals surface area contributed by atoms with Gasteiger partial charge in [0.2, 0.25) is 0 Å². The number of aromatic nitrogens is 1. The number of nitrogens with one attached hydrogen (secondary N) is 1. The van der Waals surface area contributed by atoms with Gasteiger partial charge in [-0.1, -0.05) is 41.4 Å². The summed E-state index contributed by atoms with van der Waals surface area (Å²) in [6.07, 6.45) is 3.19. The first-order chi connectivity index (χ1) is 12.1. The number of rotatable bonds is 6. The van der Waals surface area contributed by atoms with E-state index in [-0.39, 0.29) is 5.75 Å². The highest BCUT2D eigenvalue weighted by molar-refractivity contribution is 7.78. The SMILES string of the molecule is CC1=C(Cc2ccc(CS(=O)[O-])cc2)C(C=O)N(c2ccccn2)N1. The number of hydrogen-bond acceptors (Lipinski definition) is 6. The number of hydrazine groups is 1. The predicted octanol–water partition coefficient (Wildman–Crippen LogP) is 1.87. The summed E-state index contributed by atoms with van der Waals surface area (Å²) >= 11 is -2.10. The number of anilines is 1.